The number of nitrogens with one attached hydrogen (secondary N) is 2. The molecule has 0 saturated carbocycles. The normalized spacial score (nSPS) is 12.2. The minimum atomic E-state index is -0.560. The van der Waals surface area contributed by atoms with Gasteiger partial charge in [-0.05, 0) is 52.0 Å². The first-order valence-corrected chi connectivity index (χ1v) is 12.9. The fourth-order valence-electron chi connectivity index (χ4n) is 4.11. The molecule has 0 aliphatic rings. The van der Waals surface area contributed by atoms with Gasteiger partial charge in [0.25, 0.3) is 0 Å². The van der Waals surface area contributed by atoms with Crippen LogP contribution in [0.15, 0.2) is 69.3 Å². The third-order valence-electron chi connectivity index (χ3n) is 6.01. The van der Waals surface area contributed by atoms with E-state index in [1.165, 1.54) is 6.20 Å². The topological polar surface area (TPSA) is 150 Å². The Kier molecular flexibility index (Phi) is 8.95. The van der Waals surface area contributed by atoms with E-state index in [9.17, 15) is 4.79 Å². The van der Waals surface area contributed by atoms with Crippen LogP contribution in [0.4, 0.5) is 17.5 Å². The van der Waals surface area contributed by atoms with Crippen LogP contribution >= 0.6 is 0 Å². The van der Waals surface area contributed by atoms with E-state index in [0.29, 0.717) is 47.3 Å². The summed E-state index contributed by atoms with van der Waals surface area (Å²) in [5.74, 6) is 0.825. The summed E-state index contributed by atoms with van der Waals surface area (Å²) >= 11 is 0. The highest BCUT2D eigenvalue weighted by Gasteiger charge is 2.21. The number of oxazole rings is 1. The zero-order chi connectivity index (χ0) is 28.6. The van der Waals surface area contributed by atoms with Gasteiger partial charge in [-0.1, -0.05) is 18.2 Å². The average Bonchev–Trinajstić information content (AvgIpc) is 3.37. The number of aromatic nitrogens is 3. The van der Waals surface area contributed by atoms with Crippen molar-refractivity contribution in [2.24, 2.45) is 10.7 Å². The van der Waals surface area contributed by atoms with Crippen LogP contribution in [0, 0.1) is 0 Å². The maximum Gasteiger partial charge on any atom is 0.343 e. The van der Waals surface area contributed by atoms with E-state index in [0.717, 1.165) is 16.8 Å². The highest BCUT2D eigenvalue weighted by atomic mass is 16.5. The number of carbonyl (C=O) groups excluding carboxylic acids is 1. The highest BCUT2D eigenvalue weighted by molar-refractivity contribution is 5.99. The SMILES string of the molecule is CCN=C(C)/C(CNc1ncc(C(=O)OCC)c(Nc2cccc(-c3nc4ccccc4o3)c2OC)n1)=C(/C)N. The number of hydrogen-bond acceptors (Lipinski definition) is 11. The van der Waals surface area contributed by atoms with Gasteiger partial charge in [-0.3, -0.25) is 4.99 Å². The number of aliphatic imine (C=N–C) groups is 1. The van der Waals surface area contributed by atoms with Crippen molar-refractivity contribution in [2.75, 3.05) is 37.4 Å². The van der Waals surface area contributed by atoms with E-state index < -0.39 is 5.97 Å². The molecule has 11 heteroatoms. The molecule has 0 unspecified atom stereocenters. The molecule has 0 aliphatic carbocycles. The van der Waals surface area contributed by atoms with Crippen molar-refractivity contribution >= 4 is 40.2 Å². The van der Waals surface area contributed by atoms with Crippen LogP contribution in [0.2, 0.25) is 0 Å². The molecule has 0 fully saturated rings. The molecule has 11 nitrogen and oxygen atoms in total. The third kappa shape index (κ3) is 6.20. The minimum absolute atomic E-state index is 0.163. The molecule has 4 rings (SSSR count). The van der Waals surface area contributed by atoms with Gasteiger partial charge >= 0.3 is 5.97 Å². The maximum atomic E-state index is 12.8. The molecule has 40 heavy (non-hydrogen) atoms. The summed E-state index contributed by atoms with van der Waals surface area (Å²) < 4.78 is 17.0. The molecule has 2 heterocycles. The van der Waals surface area contributed by atoms with Crippen LogP contribution in [-0.4, -0.2) is 53.4 Å². The Labute approximate surface area is 232 Å². The van der Waals surface area contributed by atoms with Crippen molar-refractivity contribution in [3.63, 3.8) is 0 Å². The Morgan fingerprint density at radius 1 is 1.10 bits per heavy atom. The number of fused-ring (bicyclic) bond motifs is 1. The van der Waals surface area contributed by atoms with Gasteiger partial charge in [0.1, 0.15) is 11.1 Å². The number of allylic oxidation sites excluding steroid dienone is 1. The lowest BCUT2D eigenvalue weighted by Gasteiger charge is -2.16. The number of carbonyl (C=O) groups is 1. The molecular weight excluding hydrogens is 510 g/mol. The van der Waals surface area contributed by atoms with Crippen molar-refractivity contribution in [1.29, 1.82) is 0 Å². The second kappa shape index (κ2) is 12.7. The molecule has 0 bridgehead atoms. The quantitative estimate of drug-likeness (QED) is 0.167. The fraction of sp³-hybridized carbons (Fsp3) is 0.276. The zero-order valence-corrected chi connectivity index (χ0v) is 23.2. The molecule has 0 amide bonds. The highest BCUT2D eigenvalue weighted by Crippen LogP contribution is 2.38. The van der Waals surface area contributed by atoms with Crippen LogP contribution < -0.4 is 21.1 Å². The molecule has 0 saturated heterocycles. The van der Waals surface area contributed by atoms with Gasteiger partial charge in [-0.15, -0.1) is 0 Å². The van der Waals surface area contributed by atoms with Crippen molar-refractivity contribution in [3.05, 3.63) is 65.5 Å². The van der Waals surface area contributed by atoms with Gasteiger partial charge in [-0.2, -0.15) is 4.98 Å². The van der Waals surface area contributed by atoms with Crippen LogP contribution in [0.1, 0.15) is 38.1 Å². The smallest absolute Gasteiger partial charge is 0.343 e. The second-order valence-electron chi connectivity index (χ2n) is 8.75. The summed E-state index contributed by atoms with van der Waals surface area (Å²) in [4.78, 5) is 30.7. The van der Waals surface area contributed by atoms with Gasteiger partial charge in [-0.25, -0.2) is 14.8 Å². The van der Waals surface area contributed by atoms with E-state index in [4.69, 9.17) is 19.6 Å². The zero-order valence-electron chi connectivity index (χ0n) is 23.2. The molecule has 0 radical (unpaired) electrons. The number of esters is 1. The molecule has 208 valence electrons. The Bertz CT molecular complexity index is 1540. The predicted molar refractivity (Wildman–Crippen MR) is 156 cm³/mol. The molecule has 2 aromatic carbocycles. The lowest BCUT2D eigenvalue weighted by Crippen LogP contribution is -2.18. The molecule has 0 aliphatic heterocycles. The van der Waals surface area contributed by atoms with Crippen LogP contribution in [-0.2, 0) is 4.74 Å². The number of ether oxygens (including phenoxy) is 2. The standard InChI is InChI=1S/C29H33N7O4/c1-6-31-18(4)20(17(3)30)15-32-29-33-16-21(28(37)39-7-2)26(36-29)34-23-13-10-11-19(25(23)38-5)27-35-22-12-8-9-14-24(22)40-27/h8-14,16H,6-7,15,30H2,1-5H3,(H2,32,33,34,36)/b20-17-,31-18?. The molecule has 2 aromatic heterocycles. The number of benzene rings is 2. The van der Waals surface area contributed by atoms with Crippen molar-refractivity contribution in [3.8, 4) is 17.2 Å². The van der Waals surface area contributed by atoms with E-state index in [-0.39, 0.29) is 23.9 Å². The summed E-state index contributed by atoms with van der Waals surface area (Å²) in [5, 5.41) is 6.40. The molecule has 0 spiro atoms. The number of hydrogen-bond donors (Lipinski definition) is 3. The fourth-order valence-corrected chi connectivity index (χ4v) is 4.11. The Balaban J connectivity index is 1.71. The third-order valence-corrected chi connectivity index (χ3v) is 6.01. The van der Waals surface area contributed by atoms with Gasteiger partial charge in [0.15, 0.2) is 17.2 Å². The lowest BCUT2D eigenvalue weighted by molar-refractivity contribution is 0.0526. The van der Waals surface area contributed by atoms with E-state index in [2.05, 4.69) is 30.6 Å². The van der Waals surface area contributed by atoms with Crippen LogP contribution in [0.5, 0.6) is 5.75 Å². The number of nitrogens with zero attached hydrogens (tertiary/aromatic N) is 4. The number of anilines is 3. The van der Waals surface area contributed by atoms with Gasteiger partial charge in [0.2, 0.25) is 11.8 Å². The average molecular weight is 544 g/mol. The largest absolute Gasteiger partial charge is 0.494 e. The molecular formula is C29H33N7O4. The summed E-state index contributed by atoms with van der Waals surface area (Å²) in [7, 11) is 1.55. The molecule has 0 atom stereocenters. The number of para-hydroxylation sites is 3. The predicted octanol–water partition coefficient (Wildman–Crippen LogP) is 5.34. The van der Waals surface area contributed by atoms with E-state index in [1.807, 2.05) is 57.2 Å². The van der Waals surface area contributed by atoms with E-state index in [1.54, 1.807) is 20.1 Å². The summed E-state index contributed by atoms with van der Waals surface area (Å²) in [6.07, 6.45) is 1.42. The van der Waals surface area contributed by atoms with Gasteiger partial charge in [0.05, 0.1) is 25.0 Å². The lowest BCUT2D eigenvalue weighted by atomic mass is 10.1. The Morgan fingerprint density at radius 3 is 2.60 bits per heavy atom. The van der Waals surface area contributed by atoms with Crippen molar-refractivity contribution in [2.45, 2.75) is 27.7 Å². The summed E-state index contributed by atoms with van der Waals surface area (Å²) in [6.45, 7) is 8.62. The number of methoxy groups -OCH3 is 1. The first-order chi connectivity index (χ1) is 19.4. The van der Waals surface area contributed by atoms with Crippen molar-refractivity contribution in [1.82, 2.24) is 15.0 Å². The Hall–Kier alpha value is -4.93. The first kappa shape index (κ1) is 28.1. The van der Waals surface area contributed by atoms with Crippen LogP contribution in [0.3, 0.4) is 0 Å². The van der Waals surface area contributed by atoms with Crippen molar-refractivity contribution < 1.29 is 18.7 Å². The number of nitrogens with two attached hydrogens (primary N) is 1. The Morgan fingerprint density at radius 2 is 1.90 bits per heavy atom. The summed E-state index contributed by atoms with van der Waals surface area (Å²) in [6, 6.07) is 13.0. The van der Waals surface area contributed by atoms with Gasteiger partial charge in [0, 0.05) is 36.3 Å². The second-order valence-corrected chi connectivity index (χ2v) is 8.75. The van der Waals surface area contributed by atoms with Gasteiger partial charge < -0.3 is 30.3 Å². The summed E-state index contributed by atoms with van der Waals surface area (Å²) in [5.41, 5.74) is 11.2. The minimum Gasteiger partial charge on any atom is -0.494 e. The molecule has 4 aromatic rings. The molecule has 4 N–H and O–H groups in total. The monoisotopic (exact) mass is 543 g/mol. The van der Waals surface area contributed by atoms with E-state index >= 15 is 0 Å². The first-order valence-electron chi connectivity index (χ1n) is 12.9. The maximum absolute atomic E-state index is 12.8. The number of rotatable bonds is 11. The van der Waals surface area contributed by atoms with Crippen LogP contribution in [0.25, 0.3) is 22.6 Å².